The van der Waals surface area contributed by atoms with Crippen LogP contribution < -0.4 is 4.90 Å². The molecule has 0 saturated carbocycles. The van der Waals surface area contributed by atoms with Gasteiger partial charge in [-0.3, -0.25) is 13.9 Å². The molecule has 0 unspecified atom stereocenters. The van der Waals surface area contributed by atoms with Crippen LogP contribution in [0.4, 0.5) is 5.69 Å². The van der Waals surface area contributed by atoms with Gasteiger partial charge in [-0.25, -0.2) is 0 Å². The van der Waals surface area contributed by atoms with Gasteiger partial charge in [0.05, 0.1) is 0 Å². The molecule has 0 aromatic heterocycles. The quantitative estimate of drug-likeness (QED) is 0.596. The van der Waals surface area contributed by atoms with Gasteiger partial charge in [-0.2, -0.15) is 8.42 Å². The van der Waals surface area contributed by atoms with Crippen molar-refractivity contribution in [2.45, 2.75) is 0 Å². The molecule has 90 valence electrons. The SMILES string of the molecule is CN(C)c1ccc(C=O)cc1.O=S(=O)(O)O. The molecule has 16 heavy (non-hydrogen) atoms. The Morgan fingerprint density at radius 3 is 1.75 bits per heavy atom. The van der Waals surface area contributed by atoms with Crippen molar-refractivity contribution in [1.29, 1.82) is 0 Å². The molecule has 0 saturated heterocycles. The Hall–Kier alpha value is -1.44. The van der Waals surface area contributed by atoms with Gasteiger partial charge in [0, 0.05) is 25.3 Å². The fraction of sp³-hybridized carbons (Fsp3) is 0.222. The van der Waals surface area contributed by atoms with Crippen molar-refractivity contribution < 1.29 is 22.3 Å². The summed E-state index contributed by atoms with van der Waals surface area (Å²) in [6, 6.07) is 7.46. The van der Waals surface area contributed by atoms with Gasteiger partial charge < -0.3 is 4.90 Å². The molecule has 0 fully saturated rings. The molecule has 0 radical (unpaired) electrons. The largest absolute Gasteiger partial charge is 0.394 e. The first-order chi connectivity index (χ1) is 7.24. The van der Waals surface area contributed by atoms with Crippen molar-refractivity contribution in [1.82, 2.24) is 0 Å². The van der Waals surface area contributed by atoms with Crippen LogP contribution in [0.3, 0.4) is 0 Å². The maximum atomic E-state index is 10.3. The minimum Gasteiger partial charge on any atom is -0.378 e. The molecule has 1 aromatic rings. The van der Waals surface area contributed by atoms with Crippen molar-refractivity contribution in [3.8, 4) is 0 Å². The second-order valence-electron chi connectivity index (χ2n) is 3.05. The number of anilines is 1. The monoisotopic (exact) mass is 247 g/mol. The van der Waals surface area contributed by atoms with E-state index in [-0.39, 0.29) is 0 Å². The molecular weight excluding hydrogens is 234 g/mol. The minimum absolute atomic E-state index is 0.718. The molecule has 0 aliphatic heterocycles. The first-order valence-electron chi connectivity index (χ1n) is 4.16. The van der Waals surface area contributed by atoms with Gasteiger partial charge in [-0.1, -0.05) is 0 Å². The van der Waals surface area contributed by atoms with Crippen LogP contribution in [-0.4, -0.2) is 37.9 Å². The van der Waals surface area contributed by atoms with Crippen molar-refractivity contribution in [2.24, 2.45) is 0 Å². The average Bonchev–Trinajstić information content (AvgIpc) is 2.15. The van der Waals surface area contributed by atoms with Crippen molar-refractivity contribution in [3.05, 3.63) is 29.8 Å². The standard InChI is InChI=1S/C9H11NO.H2O4S/c1-10(2)9-5-3-8(7-11)4-6-9;1-5(2,3)4/h3-7H,1-2H3;(H2,1,2,3,4). The Kier molecular flexibility index (Phi) is 5.65. The molecule has 0 aliphatic rings. The van der Waals surface area contributed by atoms with Crippen LogP contribution in [-0.2, 0) is 10.4 Å². The Bertz CT molecular complexity index is 416. The molecule has 1 rings (SSSR count). The maximum absolute atomic E-state index is 10.3. The third-order valence-corrected chi connectivity index (χ3v) is 1.55. The van der Waals surface area contributed by atoms with Crippen LogP contribution in [0.2, 0.25) is 0 Å². The van der Waals surface area contributed by atoms with Crippen LogP contribution >= 0.6 is 0 Å². The summed E-state index contributed by atoms with van der Waals surface area (Å²) in [6.07, 6.45) is 0.847. The Morgan fingerprint density at radius 1 is 1.12 bits per heavy atom. The first kappa shape index (κ1) is 14.6. The number of carbonyl (C=O) groups excluding carboxylic acids is 1. The van der Waals surface area contributed by atoms with Crippen molar-refractivity contribution in [3.63, 3.8) is 0 Å². The van der Waals surface area contributed by atoms with Gasteiger partial charge >= 0.3 is 10.4 Å². The molecule has 0 spiro atoms. The van der Waals surface area contributed by atoms with E-state index in [4.69, 9.17) is 17.5 Å². The van der Waals surface area contributed by atoms with Gasteiger partial charge in [0.15, 0.2) is 0 Å². The summed E-state index contributed by atoms with van der Waals surface area (Å²) in [5.74, 6) is 0. The number of carbonyl (C=O) groups is 1. The van der Waals surface area contributed by atoms with Crippen LogP contribution in [0.5, 0.6) is 0 Å². The summed E-state index contributed by atoms with van der Waals surface area (Å²) in [4.78, 5) is 12.3. The summed E-state index contributed by atoms with van der Waals surface area (Å²) < 4.78 is 31.6. The van der Waals surface area contributed by atoms with Crippen molar-refractivity contribution in [2.75, 3.05) is 19.0 Å². The Balaban J connectivity index is 0.000000385. The molecule has 6 nitrogen and oxygen atoms in total. The first-order valence-corrected chi connectivity index (χ1v) is 5.56. The van der Waals surface area contributed by atoms with E-state index in [0.29, 0.717) is 0 Å². The van der Waals surface area contributed by atoms with Crippen LogP contribution in [0, 0.1) is 0 Å². The highest BCUT2D eigenvalue weighted by atomic mass is 32.3. The summed E-state index contributed by atoms with van der Waals surface area (Å²) in [6.45, 7) is 0. The maximum Gasteiger partial charge on any atom is 0.394 e. The fourth-order valence-electron chi connectivity index (χ4n) is 0.851. The molecule has 0 aliphatic carbocycles. The average molecular weight is 247 g/mol. The highest BCUT2D eigenvalue weighted by molar-refractivity contribution is 7.79. The number of aldehydes is 1. The van der Waals surface area contributed by atoms with Crippen LogP contribution in [0.15, 0.2) is 24.3 Å². The highest BCUT2D eigenvalue weighted by Crippen LogP contribution is 2.10. The Labute approximate surface area is 94.1 Å². The van der Waals surface area contributed by atoms with E-state index < -0.39 is 10.4 Å². The number of hydrogen-bond donors (Lipinski definition) is 2. The molecule has 2 N–H and O–H groups in total. The molecule has 0 bridgehead atoms. The number of nitrogens with zero attached hydrogens (tertiary/aromatic N) is 1. The summed E-state index contributed by atoms with van der Waals surface area (Å²) in [5.41, 5.74) is 1.83. The number of hydrogen-bond acceptors (Lipinski definition) is 4. The molecule has 0 amide bonds. The molecule has 0 atom stereocenters. The lowest BCUT2D eigenvalue weighted by atomic mass is 10.2. The lowest BCUT2D eigenvalue weighted by Gasteiger charge is -2.11. The van der Waals surface area contributed by atoms with E-state index in [1.165, 1.54) is 0 Å². The molecule has 1 aromatic carbocycles. The van der Waals surface area contributed by atoms with Gasteiger partial charge in [0.1, 0.15) is 6.29 Å². The van der Waals surface area contributed by atoms with E-state index >= 15 is 0 Å². The highest BCUT2D eigenvalue weighted by Gasteiger charge is 1.93. The third kappa shape index (κ3) is 7.92. The van der Waals surface area contributed by atoms with Crippen molar-refractivity contribution >= 4 is 22.4 Å². The van der Waals surface area contributed by atoms with Crippen LogP contribution in [0.1, 0.15) is 10.4 Å². The van der Waals surface area contributed by atoms with Gasteiger partial charge in [-0.15, -0.1) is 0 Å². The fourth-order valence-corrected chi connectivity index (χ4v) is 0.851. The van der Waals surface area contributed by atoms with E-state index in [2.05, 4.69) is 0 Å². The lowest BCUT2D eigenvalue weighted by molar-refractivity contribution is 0.112. The smallest absolute Gasteiger partial charge is 0.378 e. The summed E-state index contributed by atoms with van der Waals surface area (Å²) >= 11 is 0. The zero-order valence-corrected chi connectivity index (χ0v) is 9.68. The topological polar surface area (TPSA) is 94.9 Å². The lowest BCUT2D eigenvalue weighted by Crippen LogP contribution is -2.08. The zero-order chi connectivity index (χ0) is 12.8. The van der Waals surface area contributed by atoms with E-state index in [1.807, 2.05) is 43.3 Å². The second-order valence-corrected chi connectivity index (χ2v) is 3.95. The van der Waals surface area contributed by atoms with Gasteiger partial charge in [-0.05, 0) is 24.3 Å². The zero-order valence-electron chi connectivity index (χ0n) is 8.86. The summed E-state index contributed by atoms with van der Waals surface area (Å²) in [5, 5.41) is 0. The third-order valence-electron chi connectivity index (χ3n) is 1.55. The molecule has 7 heteroatoms. The second kappa shape index (κ2) is 6.21. The van der Waals surface area contributed by atoms with E-state index in [0.717, 1.165) is 17.5 Å². The predicted octanol–water partition coefficient (Wildman–Crippen LogP) is 0.912. The normalized spacial score (nSPS) is 10.0. The minimum atomic E-state index is -4.67. The Morgan fingerprint density at radius 2 is 1.50 bits per heavy atom. The van der Waals surface area contributed by atoms with Gasteiger partial charge in [0.2, 0.25) is 0 Å². The summed E-state index contributed by atoms with van der Waals surface area (Å²) in [7, 11) is -0.730. The number of benzene rings is 1. The number of rotatable bonds is 2. The van der Waals surface area contributed by atoms with E-state index in [9.17, 15) is 4.79 Å². The molecule has 0 heterocycles. The van der Waals surface area contributed by atoms with Gasteiger partial charge in [0.25, 0.3) is 0 Å². The van der Waals surface area contributed by atoms with E-state index in [1.54, 1.807) is 0 Å². The predicted molar refractivity (Wildman–Crippen MR) is 60.3 cm³/mol. The van der Waals surface area contributed by atoms with Crippen LogP contribution in [0.25, 0.3) is 0 Å². The molecular formula is C9H13NO5S.